The minimum atomic E-state index is -0.0867. The molecule has 0 bridgehead atoms. The molecule has 0 saturated heterocycles. The fourth-order valence-electron chi connectivity index (χ4n) is 1.43. The van der Waals surface area contributed by atoms with Gasteiger partial charge in [-0.1, -0.05) is 11.6 Å². The molecule has 1 aromatic heterocycles. The Hall–Kier alpha value is -1.58. The summed E-state index contributed by atoms with van der Waals surface area (Å²) >= 11 is 5.75. The number of carbonyl (C=O) groups is 1. The summed E-state index contributed by atoms with van der Waals surface area (Å²) in [5.41, 5.74) is 7.01. The van der Waals surface area contributed by atoms with Gasteiger partial charge in [-0.25, -0.2) is 0 Å². The third kappa shape index (κ3) is 2.15. The molecular weight excluding hydrogens is 224 g/mol. The van der Waals surface area contributed by atoms with E-state index in [0.717, 1.165) is 5.56 Å². The van der Waals surface area contributed by atoms with Crippen molar-refractivity contribution in [3.63, 3.8) is 0 Å². The molecule has 0 amide bonds. The van der Waals surface area contributed by atoms with Crippen LogP contribution in [0.3, 0.4) is 0 Å². The molecule has 82 valence electrons. The first-order valence-corrected chi connectivity index (χ1v) is 5.25. The van der Waals surface area contributed by atoms with Crippen LogP contribution < -0.4 is 5.73 Å². The molecule has 2 rings (SSSR count). The van der Waals surface area contributed by atoms with E-state index < -0.39 is 0 Å². The van der Waals surface area contributed by atoms with Crippen molar-refractivity contribution >= 4 is 17.5 Å². The van der Waals surface area contributed by atoms with Gasteiger partial charge in [0.1, 0.15) is 0 Å². The fourth-order valence-corrected chi connectivity index (χ4v) is 1.56. The molecule has 0 radical (unpaired) electrons. The summed E-state index contributed by atoms with van der Waals surface area (Å²) in [6.07, 6.45) is 3.44. The number of rotatable bonds is 2. The molecule has 4 heteroatoms. The van der Waals surface area contributed by atoms with Gasteiger partial charge in [0, 0.05) is 29.5 Å². The maximum absolute atomic E-state index is 12.0. The first-order chi connectivity index (χ1) is 7.70. The maximum atomic E-state index is 12.0. The summed E-state index contributed by atoms with van der Waals surface area (Å²) in [5.74, 6) is -0.0867. The van der Waals surface area contributed by atoms with Gasteiger partial charge in [-0.2, -0.15) is 0 Å². The van der Waals surface area contributed by atoms with Gasteiger partial charge >= 0.3 is 0 Å². The molecule has 0 atom stereocenters. The zero-order valence-corrected chi connectivity index (χ0v) is 9.32. The molecule has 2 aromatic rings. The third-order valence-corrected chi connectivity index (χ3v) is 2.57. The molecule has 16 heavy (non-hydrogen) atoms. The highest BCUT2D eigenvalue weighted by molar-refractivity contribution is 6.30. The Balaban J connectivity index is 2.28. The Morgan fingerprint density at radius 1 is 1.25 bits per heavy atom. The summed E-state index contributed by atoms with van der Waals surface area (Å²) in [6, 6.07) is 8.62. The number of hydrogen-bond acceptors (Lipinski definition) is 2. The topological polar surface area (TPSA) is 48.0 Å². The smallest absolute Gasteiger partial charge is 0.261 e. The van der Waals surface area contributed by atoms with Gasteiger partial charge in [-0.15, -0.1) is 0 Å². The molecule has 2 N–H and O–H groups in total. The fraction of sp³-hybridized carbons (Fsp3) is 0.0833. The van der Waals surface area contributed by atoms with Crippen molar-refractivity contribution in [1.29, 1.82) is 0 Å². The minimum absolute atomic E-state index is 0.0867. The highest BCUT2D eigenvalue weighted by Gasteiger charge is 2.07. The molecular formula is C12H11ClN2O. The molecule has 0 aliphatic carbocycles. The second-order valence-electron chi connectivity index (χ2n) is 3.44. The van der Waals surface area contributed by atoms with E-state index in [0.29, 0.717) is 17.1 Å². The molecule has 0 spiro atoms. The van der Waals surface area contributed by atoms with Crippen LogP contribution in [0, 0.1) is 0 Å². The van der Waals surface area contributed by atoms with Crippen LogP contribution in [0.5, 0.6) is 0 Å². The van der Waals surface area contributed by atoms with E-state index in [1.54, 1.807) is 36.7 Å². The molecule has 0 unspecified atom stereocenters. The van der Waals surface area contributed by atoms with Gasteiger partial charge in [-0.3, -0.25) is 9.36 Å². The van der Waals surface area contributed by atoms with Gasteiger partial charge < -0.3 is 5.73 Å². The van der Waals surface area contributed by atoms with Gasteiger partial charge in [0.05, 0.1) is 0 Å². The van der Waals surface area contributed by atoms with Gasteiger partial charge in [0.25, 0.3) is 5.91 Å². The Labute approximate surface area is 98.4 Å². The van der Waals surface area contributed by atoms with E-state index >= 15 is 0 Å². The average molecular weight is 235 g/mol. The number of halogens is 1. The van der Waals surface area contributed by atoms with Crippen molar-refractivity contribution in [2.45, 2.75) is 6.54 Å². The SMILES string of the molecule is NCc1ccn(C(=O)c2ccc(Cl)cc2)c1. The number of benzene rings is 1. The van der Waals surface area contributed by atoms with Gasteiger partial charge in [0.15, 0.2) is 0 Å². The predicted octanol–water partition coefficient (Wildman–Crippen LogP) is 2.29. The van der Waals surface area contributed by atoms with Crippen molar-refractivity contribution < 1.29 is 4.79 Å². The number of nitrogens with two attached hydrogens (primary N) is 1. The highest BCUT2D eigenvalue weighted by Crippen LogP contribution is 2.11. The number of carbonyl (C=O) groups excluding carboxylic acids is 1. The van der Waals surface area contributed by atoms with Crippen LogP contribution in [0.15, 0.2) is 42.7 Å². The zero-order valence-electron chi connectivity index (χ0n) is 8.56. The predicted molar refractivity (Wildman–Crippen MR) is 63.5 cm³/mol. The van der Waals surface area contributed by atoms with Gasteiger partial charge in [-0.05, 0) is 35.9 Å². The standard InChI is InChI=1S/C12H11ClN2O/c13-11-3-1-10(2-4-11)12(16)15-6-5-9(7-14)8-15/h1-6,8H,7,14H2. The van der Waals surface area contributed by atoms with E-state index in [1.807, 2.05) is 6.07 Å². The third-order valence-electron chi connectivity index (χ3n) is 2.32. The second-order valence-corrected chi connectivity index (χ2v) is 3.88. The first kappa shape index (κ1) is 10.9. The normalized spacial score (nSPS) is 10.4. The van der Waals surface area contributed by atoms with Crippen molar-refractivity contribution in [3.8, 4) is 0 Å². The lowest BCUT2D eigenvalue weighted by Gasteiger charge is -2.01. The maximum Gasteiger partial charge on any atom is 0.261 e. The lowest BCUT2D eigenvalue weighted by Crippen LogP contribution is -2.09. The van der Waals surface area contributed by atoms with Crippen molar-refractivity contribution in [2.24, 2.45) is 5.73 Å². The van der Waals surface area contributed by atoms with Crippen molar-refractivity contribution in [1.82, 2.24) is 4.57 Å². The van der Waals surface area contributed by atoms with Crippen molar-refractivity contribution in [2.75, 3.05) is 0 Å². The molecule has 0 saturated carbocycles. The monoisotopic (exact) mass is 234 g/mol. The lowest BCUT2D eigenvalue weighted by atomic mass is 10.2. The molecule has 0 fully saturated rings. The summed E-state index contributed by atoms with van der Waals surface area (Å²) < 4.78 is 1.52. The summed E-state index contributed by atoms with van der Waals surface area (Å²) in [4.78, 5) is 12.0. The molecule has 0 aliphatic rings. The first-order valence-electron chi connectivity index (χ1n) is 4.88. The summed E-state index contributed by atoms with van der Waals surface area (Å²) in [7, 11) is 0. The Bertz CT molecular complexity index is 502. The van der Waals surface area contributed by atoms with Crippen LogP contribution in [-0.2, 0) is 6.54 Å². The van der Waals surface area contributed by atoms with E-state index in [-0.39, 0.29) is 5.91 Å². The lowest BCUT2D eigenvalue weighted by molar-refractivity contribution is 0.0960. The Morgan fingerprint density at radius 2 is 1.94 bits per heavy atom. The van der Waals surface area contributed by atoms with E-state index in [9.17, 15) is 4.79 Å². The van der Waals surface area contributed by atoms with E-state index in [1.165, 1.54) is 4.57 Å². The highest BCUT2D eigenvalue weighted by atomic mass is 35.5. The van der Waals surface area contributed by atoms with Crippen LogP contribution in [0.25, 0.3) is 0 Å². The summed E-state index contributed by atoms with van der Waals surface area (Å²) in [6.45, 7) is 0.431. The Kier molecular flexibility index (Phi) is 3.08. The van der Waals surface area contributed by atoms with Crippen LogP contribution in [0.2, 0.25) is 5.02 Å². The number of aromatic nitrogens is 1. The van der Waals surface area contributed by atoms with Crippen LogP contribution >= 0.6 is 11.6 Å². The minimum Gasteiger partial charge on any atom is -0.326 e. The average Bonchev–Trinajstić information content (AvgIpc) is 2.77. The van der Waals surface area contributed by atoms with Crippen LogP contribution in [-0.4, -0.2) is 10.5 Å². The quantitative estimate of drug-likeness (QED) is 0.867. The number of nitrogens with zero attached hydrogens (tertiary/aromatic N) is 1. The van der Waals surface area contributed by atoms with E-state index in [2.05, 4.69) is 0 Å². The van der Waals surface area contributed by atoms with Crippen molar-refractivity contribution in [3.05, 3.63) is 58.9 Å². The largest absolute Gasteiger partial charge is 0.326 e. The van der Waals surface area contributed by atoms with Gasteiger partial charge in [0.2, 0.25) is 0 Å². The molecule has 0 aliphatic heterocycles. The number of hydrogen-bond donors (Lipinski definition) is 1. The molecule has 3 nitrogen and oxygen atoms in total. The van der Waals surface area contributed by atoms with Crippen LogP contribution in [0.4, 0.5) is 0 Å². The molecule has 1 aromatic carbocycles. The zero-order chi connectivity index (χ0) is 11.5. The Morgan fingerprint density at radius 3 is 2.50 bits per heavy atom. The second kappa shape index (κ2) is 4.51. The summed E-state index contributed by atoms with van der Waals surface area (Å²) in [5, 5.41) is 0.617. The molecule has 1 heterocycles. The van der Waals surface area contributed by atoms with E-state index in [4.69, 9.17) is 17.3 Å². The van der Waals surface area contributed by atoms with Crippen LogP contribution in [0.1, 0.15) is 15.9 Å².